The lowest BCUT2D eigenvalue weighted by Crippen LogP contribution is -2.11. The Hall–Kier alpha value is -5.11. The summed E-state index contributed by atoms with van der Waals surface area (Å²) in [6, 6.07) is 24.6. The van der Waals surface area contributed by atoms with Crippen molar-refractivity contribution in [1.29, 1.82) is 0 Å². The minimum absolute atomic E-state index is 0.119. The van der Waals surface area contributed by atoms with Gasteiger partial charge in [-0.2, -0.15) is 0 Å². The molecule has 0 unspecified atom stereocenters. The molecule has 2 amide bonds. The van der Waals surface area contributed by atoms with Crippen molar-refractivity contribution in [2.45, 2.75) is 13.3 Å². The van der Waals surface area contributed by atoms with Gasteiger partial charge in [-0.25, -0.2) is 0 Å². The lowest BCUT2D eigenvalue weighted by molar-refractivity contribution is -0.139. The van der Waals surface area contributed by atoms with E-state index in [9.17, 15) is 14.4 Å². The fourth-order valence-electron chi connectivity index (χ4n) is 4.56. The van der Waals surface area contributed by atoms with Crippen LogP contribution >= 0.6 is 0 Å². The Bertz CT molecular complexity index is 1590. The van der Waals surface area contributed by atoms with Crippen LogP contribution in [0.3, 0.4) is 0 Å². The fourth-order valence-corrected chi connectivity index (χ4v) is 4.56. The molecule has 0 bridgehead atoms. The zero-order chi connectivity index (χ0) is 27.5. The van der Waals surface area contributed by atoms with Gasteiger partial charge in [0, 0.05) is 18.2 Å². The van der Waals surface area contributed by atoms with E-state index in [-0.39, 0.29) is 24.2 Å². The molecule has 5 rings (SSSR count). The van der Waals surface area contributed by atoms with Crippen molar-refractivity contribution in [2.24, 2.45) is 0 Å². The highest BCUT2D eigenvalue weighted by molar-refractivity contribution is 6.12. The number of amides is 2. The first-order valence-corrected chi connectivity index (χ1v) is 12.3. The summed E-state index contributed by atoms with van der Waals surface area (Å²) in [5.74, 6) is -0.0130. The Balaban J connectivity index is 1.44. The van der Waals surface area contributed by atoms with E-state index in [1.54, 1.807) is 19.2 Å². The molecular formula is C31H27N3O5. The van der Waals surface area contributed by atoms with Crippen LogP contribution in [0.5, 0.6) is 5.75 Å². The van der Waals surface area contributed by atoms with Crippen LogP contribution in [0.25, 0.3) is 22.3 Å². The van der Waals surface area contributed by atoms with Gasteiger partial charge in [0.25, 0.3) is 5.91 Å². The lowest BCUT2D eigenvalue weighted by Gasteiger charge is -2.14. The number of rotatable bonds is 6. The van der Waals surface area contributed by atoms with Crippen LogP contribution in [0, 0.1) is 0 Å². The molecule has 0 saturated carbocycles. The third kappa shape index (κ3) is 5.45. The summed E-state index contributed by atoms with van der Waals surface area (Å²) < 4.78 is 10.5. The van der Waals surface area contributed by atoms with Crippen LogP contribution in [0.15, 0.2) is 78.9 Å². The second-order valence-corrected chi connectivity index (χ2v) is 9.15. The van der Waals surface area contributed by atoms with Crippen LogP contribution in [-0.4, -0.2) is 32.0 Å². The van der Waals surface area contributed by atoms with Crippen molar-refractivity contribution >= 4 is 40.5 Å². The van der Waals surface area contributed by atoms with E-state index in [1.807, 2.05) is 66.7 Å². The molecule has 1 heterocycles. The predicted octanol–water partition coefficient (Wildman–Crippen LogP) is 6.01. The van der Waals surface area contributed by atoms with Gasteiger partial charge in [-0.15, -0.1) is 0 Å². The maximum atomic E-state index is 13.0. The topological polar surface area (TPSA) is 106 Å². The number of esters is 1. The Kier molecular flexibility index (Phi) is 7.01. The summed E-state index contributed by atoms with van der Waals surface area (Å²) in [5, 5.41) is 9.06. The predicted molar refractivity (Wildman–Crippen MR) is 152 cm³/mol. The second-order valence-electron chi connectivity index (χ2n) is 9.15. The van der Waals surface area contributed by atoms with Crippen LogP contribution in [0.2, 0.25) is 0 Å². The van der Waals surface area contributed by atoms with Gasteiger partial charge in [-0.3, -0.25) is 14.4 Å². The number of benzene rings is 4. The summed E-state index contributed by atoms with van der Waals surface area (Å²) in [7, 11) is 2.97. The molecular weight excluding hydrogens is 494 g/mol. The van der Waals surface area contributed by atoms with Gasteiger partial charge in [-0.1, -0.05) is 36.4 Å². The average Bonchev–Trinajstić information content (AvgIpc) is 3.07. The molecule has 0 spiro atoms. The Morgan fingerprint density at radius 1 is 0.744 bits per heavy atom. The minimum Gasteiger partial charge on any atom is -0.496 e. The lowest BCUT2D eigenvalue weighted by atomic mass is 9.97. The molecule has 3 N–H and O–H groups in total. The van der Waals surface area contributed by atoms with Gasteiger partial charge < -0.3 is 25.4 Å². The largest absolute Gasteiger partial charge is 0.496 e. The highest BCUT2D eigenvalue weighted by Gasteiger charge is 2.21. The molecule has 0 radical (unpaired) electrons. The molecule has 1 aliphatic heterocycles. The molecule has 1 aliphatic rings. The van der Waals surface area contributed by atoms with E-state index in [4.69, 9.17) is 9.47 Å². The molecule has 8 nitrogen and oxygen atoms in total. The first-order valence-electron chi connectivity index (χ1n) is 12.3. The van der Waals surface area contributed by atoms with Crippen molar-refractivity contribution < 1.29 is 23.9 Å². The van der Waals surface area contributed by atoms with Crippen molar-refractivity contribution in [2.75, 3.05) is 30.2 Å². The van der Waals surface area contributed by atoms with Gasteiger partial charge >= 0.3 is 5.97 Å². The number of methoxy groups -OCH3 is 2. The van der Waals surface area contributed by atoms with Crippen LogP contribution in [-0.2, 0) is 20.7 Å². The molecule has 196 valence electrons. The maximum Gasteiger partial charge on any atom is 0.309 e. The third-order valence-electron chi connectivity index (χ3n) is 6.49. The summed E-state index contributed by atoms with van der Waals surface area (Å²) in [4.78, 5) is 36.0. The molecule has 8 heteroatoms. The van der Waals surface area contributed by atoms with Gasteiger partial charge in [0.15, 0.2) is 0 Å². The van der Waals surface area contributed by atoms with Crippen LogP contribution in [0.1, 0.15) is 22.8 Å². The van der Waals surface area contributed by atoms with Gasteiger partial charge in [0.1, 0.15) is 5.75 Å². The Morgan fingerprint density at radius 2 is 1.44 bits per heavy atom. The molecule has 4 aromatic carbocycles. The van der Waals surface area contributed by atoms with E-state index in [0.29, 0.717) is 22.7 Å². The first-order chi connectivity index (χ1) is 18.8. The fraction of sp³-hybridized carbons (Fsp3) is 0.129. The molecule has 0 aromatic heterocycles. The number of hydrogen-bond acceptors (Lipinski definition) is 6. The van der Waals surface area contributed by atoms with Crippen LogP contribution in [0.4, 0.5) is 22.7 Å². The standard InChI is InChI=1S/C31H27N3O5/c1-18(35)32-23-9-5-20(6-10-23)24-11-7-22(17-29(24)38-2)21-8-12-25-27(16-21)33-26-13-4-19(15-30(36)39-3)14-28(26)34-31(25)37/h4-14,16-17,33H,15H2,1-3H3,(H,32,35)(H,34,37). The zero-order valence-electron chi connectivity index (χ0n) is 21.8. The number of fused-ring (bicyclic) bond motifs is 2. The summed E-state index contributed by atoms with van der Waals surface area (Å²) >= 11 is 0. The van der Waals surface area contributed by atoms with Crippen molar-refractivity contribution in [3.05, 3.63) is 90.0 Å². The molecule has 0 atom stereocenters. The number of anilines is 4. The van der Waals surface area contributed by atoms with Gasteiger partial charge in [0.05, 0.1) is 43.3 Å². The number of carbonyl (C=O) groups is 3. The van der Waals surface area contributed by atoms with Crippen LogP contribution < -0.4 is 20.7 Å². The average molecular weight is 522 g/mol. The van der Waals surface area contributed by atoms with E-state index in [0.717, 1.165) is 39.2 Å². The number of hydrogen-bond donors (Lipinski definition) is 3. The molecule has 0 saturated heterocycles. The first kappa shape index (κ1) is 25.5. The maximum absolute atomic E-state index is 13.0. The van der Waals surface area contributed by atoms with E-state index in [2.05, 4.69) is 16.0 Å². The van der Waals surface area contributed by atoms with E-state index >= 15 is 0 Å². The number of nitrogens with one attached hydrogen (secondary N) is 3. The van der Waals surface area contributed by atoms with E-state index < -0.39 is 0 Å². The minimum atomic E-state index is -0.348. The van der Waals surface area contributed by atoms with Gasteiger partial charge in [0.2, 0.25) is 5.91 Å². The quantitative estimate of drug-likeness (QED) is 0.268. The summed E-state index contributed by atoms with van der Waals surface area (Å²) in [6.45, 7) is 1.47. The van der Waals surface area contributed by atoms with Crippen molar-refractivity contribution in [1.82, 2.24) is 0 Å². The summed E-state index contributed by atoms with van der Waals surface area (Å²) in [5.41, 5.74) is 7.66. The second kappa shape index (κ2) is 10.7. The van der Waals surface area contributed by atoms with Crippen molar-refractivity contribution in [3.8, 4) is 28.0 Å². The van der Waals surface area contributed by atoms with E-state index in [1.165, 1.54) is 14.0 Å². The number of ether oxygens (including phenoxy) is 2. The molecule has 39 heavy (non-hydrogen) atoms. The Labute approximate surface area is 226 Å². The smallest absolute Gasteiger partial charge is 0.309 e. The summed E-state index contributed by atoms with van der Waals surface area (Å²) in [6.07, 6.45) is 0.119. The molecule has 0 fully saturated rings. The highest BCUT2D eigenvalue weighted by Crippen LogP contribution is 2.38. The van der Waals surface area contributed by atoms with Crippen molar-refractivity contribution in [3.63, 3.8) is 0 Å². The SMILES string of the molecule is COC(=O)Cc1ccc2c(c1)NC(=O)c1ccc(-c3ccc(-c4ccc(NC(C)=O)cc4)c(OC)c3)cc1N2. The monoisotopic (exact) mass is 521 g/mol. The zero-order valence-corrected chi connectivity index (χ0v) is 21.8. The van der Waals surface area contributed by atoms with Gasteiger partial charge in [-0.05, 0) is 64.7 Å². The normalized spacial score (nSPS) is 11.7. The highest BCUT2D eigenvalue weighted by atomic mass is 16.5. The Morgan fingerprint density at radius 3 is 2.13 bits per heavy atom. The molecule has 0 aliphatic carbocycles. The third-order valence-corrected chi connectivity index (χ3v) is 6.49. The molecule has 4 aromatic rings. The number of carbonyl (C=O) groups excluding carboxylic acids is 3.